The smallest absolute Gasteiger partial charge is 0.180 e. The standard InChI is InChI=1S/C46H34N2O/c1-3-12-33(13-4-1)42-44-43(38-15-6-8-19-40(38)49-44)48-45(47-42)34-26-22-31(23-27-34)30-20-24-32(25-21-30)35-16-11-17-37-36-14-5-7-18-39(36)46(41(35)37)28-9-2-10-29-46/h1,3-8,11-27H,2,9-10,28-29H2. The second-order valence-corrected chi connectivity index (χ2v) is 13.6. The minimum atomic E-state index is 0.128. The van der Waals surface area contributed by atoms with Crippen LogP contribution < -0.4 is 0 Å². The molecule has 0 unspecified atom stereocenters. The molecular formula is C46H34N2O. The van der Waals surface area contributed by atoms with E-state index in [9.17, 15) is 0 Å². The number of benzene rings is 6. The first-order chi connectivity index (χ1) is 24.3. The van der Waals surface area contributed by atoms with Crippen LogP contribution in [-0.2, 0) is 5.41 Å². The molecule has 49 heavy (non-hydrogen) atoms. The van der Waals surface area contributed by atoms with E-state index in [1.807, 2.05) is 36.4 Å². The molecule has 1 spiro atoms. The maximum absolute atomic E-state index is 6.30. The first-order valence-corrected chi connectivity index (χ1v) is 17.5. The first kappa shape index (κ1) is 28.2. The molecule has 0 radical (unpaired) electrons. The van der Waals surface area contributed by atoms with Gasteiger partial charge in [-0.1, -0.05) is 153 Å². The maximum atomic E-state index is 6.30. The van der Waals surface area contributed by atoms with Gasteiger partial charge in [-0.2, -0.15) is 0 Å². The van der Waals surface area contributed by atoms with Crippen molar-refractivity contribution in [2.45, 2.75) is 37.5 Å². The summed E-state index contributed by atoms with van der Waals surface area (Å²) in [4.78, 5) is 10.1. The quantitative estimate of drug-likeness (QED) is 0.194. The molecule has 0 bridgehead atoms. The highest BCUT2D eigenvalue weighted by atomic mass is 16.3. The van der Waals surface area contributed by atoms with Crippen LogP contribution in [0.25, 0.3) is 78.1 Å². The van der Waals surface area contributed by atoms with Gasteiger partial charge in [-0.25, -0.2) is 9.97 Å². The van der Waals surface area contributed by atoms with Crippen LogP contribution in [0.4, 0.5) is 0 Å². The van der Waals surface area contributed by atoms with Crippen molar-refractivity contribution in [1.29, 1.82) is 0 Å². The van der Waals surface area contributed by atoms with Crippen molar-refractivity contribution in [1.82, 2.24) is 9.97 Å². The van der Waals surface area contributed by atoms with Gasteiger partial charge >= 0.3 is 0 Å². The van der Waals surface area contributed by atoms with Gasteiger partial charge in [-0.05, 0) is 69.5 Å². The Bertz CT molecular complexity index is 2500. The van der Waals surface area contributed by atoms with Crippen molar-refractivity contribution in [2.24, 2.45) is 0 Å². The van der Waals surface area contributed by atoms with Gasteiger partial charge in [-0.15, -0.1) is 0 Å². The zero-order valence-corrected chi connectivity index (χ0v) is 27.2. The number of fused-ring (bicyclic) bond motifs is 8. The van der Waals surface area contributed by atoms with E-state index in [1.165, 1.54) is 71.0 Å². The molecule has 2 aromatic heterocycles. The summed E-state index contributed by atoms with van der Waals surface area (Å²) in [7, 11) is 0. The van der Waals surface area contributed by atoms with E-state index in [4.69, 9.17) is 14.4 Å². The molecule has 0 amide bonds. The molecule has 8 aromatic rings. The zero-order chi connectivity index (χ0) is 32.4. The highest BCUT2D eigenvalue weighted by molar-refractivity contribution is 6.07. The lowest BCUT2D eigenvalue weighted by Gasteiger charge is -2.37. The normalized spacial score (nSPS) is 14.7. The van der Waals surface area contributed by atoms with Gasteiger partial charge in [0.1, 0.15) is 16.8 Å². The molecule has 0 atom stereocenters. The molecule has 234 valence electrons. The van der Waals surface area contributed by atoms with Crippen LogP contribution in [0.3, 0.4) is 0 Å². The van der Waals surface area contributed by atoms with Crippen molar-refractivity contribution in [2.75, 3.05) is 0 Å². The third kappa shape index (κ3) is 4.42. The highest BCUT2D eigenvalue weighted by Crippen LogP contribution is 2.58. The van der Waals surface area contributed by atoms with Crippen molar-refractivity contribution < 1.29 is 4.42 Å². The topological polar surface area (TPSA) is 38.9 Å². The molecule has 1 fully saturated rings. The lowest BCUT2D eigenvalue weighted by atomic mass is 9.66. The molecule has 0 saturated heterocycles. The van der Waals surface area contributed by atoms with E-state index in [1.54, 1.807) is 5.56 Å². The molecular weight excluding hydrogens is 597 g/mol. The van der Waals surface area contributed by atoms with Crippen LogP contribution in [0.15, 0.2) is 150 Å². The zero-order valence-electron chi connectivity index (χ0n) is 27.2. The van der Waals surface area contributed by atoms with Gasteiger partial charge in [0.15, 0.2) is 11.4 Å². The van der Waals surface area contributed by atoms with E-state index in [2.05, 4.69) is 109 Å². The lowest BCUT2D eigenvalue weighted by molar-refractivity contribution is 0.353. The minimum absolute atomic E-state index is 0.128. The van der Waals surface area contributed by atoms with Crippen LogP contribution in [0.5, 0.6) is 0 Å². The number of furan rings is 1. The van der Waals surface area contributed by atoms with Gasteiger partial charge in [0.05, 0.1) is 0 Å². The SMILES string of the molecule is c1ccc(-c2nc(-c3ccc(-c4ccc(-c5cccc6c5C5(CCCCC5)c5ccccc5-6)cc4)cc3)nc3c2oc2ccccc23)cc1. The van der Waals surface area contributed by atoms with Crippen molar-refractivity contribution in [3.05, 3.63) is 157 Å². The summed E-state index contributed by atoms with van der Waals surface area (Å²) < 4.78 is 6.30. The Morgan fingerprint density at radius 3 is 1.90 bits per heavy atom. The summed E-state index contributed by atoms with van der Waals surface area (Å²) >= 11 is 0. The van der Waals surface area contributed by atoms with E-state index in [-0.39, 0.29) is 5.41 Å². The van der Waals surface area contributed by atoms with E-state index < -0.39 is 0 Å². The van der Waals surface area contributed by atoms with Gasteiger partial charge in [0, 0.05) is 21.9 Å². The largest absolute Gasteiger partial charge is 0.452 e. The Balaban J connectivity index is 1.01. The van der Waals surface area contributed by atoms with E-state index in [0.29, 0.717) is 5.82 Å². The van der Waals surface area contributed by atoms with Crippen LogP contribution >= 0.6 is 0 Å². The fourth-order valence-corrected chi connectivity index (χ4v) is 8.64. The number of rotatable bonds is 4. The van der Waals surface area contributed by atoms with E-state index >= 15 is 0 Å². The Hall–Kier alpha value is -5.80. The number of para-hydroxylation sites is 1. The molecule has 2 aliphatic carbocycles. The second kappa shape index (κ2) is 11.1. The summed E-state index contributed by atoms with van der Waals surface area (Å²) in [5, 5.41) is 0.998. The summed E-state index contributed by atoms with van der Waals surface area (Å²) in [6.45, 7) is 0. The Kier molecular flexibility index (Phi) is 6.42. The molecule has 6 aromatic carbocycles. The summed E-state index contributed by atoms with van der Waals surface area (Å²) in [6.07, 6.45) is 6.39. The predicted octanol–water partition coefficient (Wildman–Crippen LogP) is 12.3. The molecule has 2 heterocycles. The summed E-state index contributed by atoms with van der Waals surface area (Å²) in [5.41, 5.74) is 16.3. The minimum Gasteiger partial charge on any atom is -0.452 e. The third-order valence-electron chi connectivity index (χ3n) is 10.9. The van der Waals surface area contributed by atoms with Gasteiger partial charge in [0.25, 0.3) is 0 Å². The second-order valence-electron chi connectivity index (χ2n) is 13.6. The molecule has 3 heteroatoms. The molecule has 10 rings (SSSR count). The Labute approximate surface area is 285 Å². The number of aromatic nitrogens is 2. The predicted molar refractivity (Wildman–Crippen MR) is 200 cm³/mol. The molecule has 1 saturated carbocycles. The average Bonchev–Trinajstić information content (AvgIpc) is 3.69. The molecule has 2 aliphatic rings. The van der Waals surface area contributed by atoms with Crippen LogP contribution in [0.1, 0.15) is 43.2 Å². The van der Waals surface area contributed by atoms with Gasteiger partial charge < -0.3 is 4.42 Å². The lowest BCUT2D eigenvalue weighted by Crippen LogP contribution is -2.28. The number of hydrogen-bond donors (Lipinski definition) is 0. The van der Waals surface area contributed by atoms with Crippen LogP contribution in [-0.4, -0.2) is 9.97 Å². The highest BCUT2D eigenvalue weighted by Gasteiger charge is 2.45. The van der Waals surface area contributed by atoms with Crippen LogP contribution in [0.2, 0.25) is 0 Å². The van der Waals surface area contributed by atoms with Crippen molar-refractivity contribution in [3.63, 3.8) is 0 Å². The number of hydrogen-bond acceptors (Lipinski definition) is 3. The third-order valence-corrected chi connectivity index (χ3v) is 10.9. The summed E-state index contributed by atoms with van der Waals surface area (Å²) in [5.74, 6) is 0.690. The van der Waals surface area contributed by atoms with Gasteiger partial charge in [0.2, 0.25) is 0 Å². The summed E-state index contributed by atoms with van der Waals surface area (Å²) in [6, 6.07) is 52.2. The monoisotopic (exact) mass is 630 g/mol. The molecule has 3 nitrogen and oxygen atoms in total. The fraction of sp³-hybridized carbons (Fsp3) is 0.130. The number of nitrogens with zero attached hydrogens (tertiary/aromatic N) is 2. The first-order valence-electron chi connectivity index (χ1n) is 17.5. The van der Waals surface area contributed by atoms with Gasteiger partial charge in [-0.3, -0.25) is 0 Å². The average molecular weight is 631 g/mol. The van der Waals surface area contributed by atoms with E-state index in [0.717, 1.165) is 38.9 Å². The van der Waals surface area contributed by atoms with Crippen molar-refractivity contribution >= 4 is 22.1 Å². The van der Waals surface area contributed by atoms with Crippen LogP contribution in [0, 0.1) is 0 Å². The molecule has 0 N–H and O–H groups in total. The van der Waals surface area contributed by atoms with Crippen molar-refractivity contribution in [3.8, 4) is 56.0 Å². The Morgan fingerprint density at radius 2 is 1.10 bits per heavy atom. The molecule has 0 aliphatic heterocycles. The maximum Gasteiger partial charge on any atom is 0.180 e. The fourth-order valence-electron chi connectivity index (χ4n) is 8.64. The Morgan fingerprint density at radius 1 is 0.469 bits per heavy atom.